The molecule has 1 aliphatic rings. The number of amides is 2. The lowest BCUT2D eigenvalue weighted by Gasteiger charge is -2.31. The molecule has 0 atom stereocenters. The van der Waals surface area contributed by atoms with Crippen molar-refractivity contribution in [2.45, 2.75) is 25.3 Å². The van der Waals surface area contributed by atoms with Gasteiger partial charge >= 0.3 is 0 Å². The van der Waals surface area contributed by atoms with E-state index < -0.39 is 0 Å². The van der Waals surface area contributed by atoms with Gasteiger partial charge in [0.2, 0.25) is 11.8 Å². The largest absolute Gasteiger partial charge is 0.353 e. The fraction of sp³-hybridized carbons (Fsp3) is 0.273. The van der Waals surface area contributed by atoms with Crippen LogP contribution in [0, 0.1) is 5.82 Å². The molecule has 1 N–H and O–H groups in total. The zero-order chi connectivity index (χ0) is 19.1. The van der Waals surface area contributed by atoms with Crippen molar-refractivity contribution in [3.05, 3.63) is 77.6 Å². The first-order valence-corrected chi connectivity index (χ1v) is 9.16. The first-order chi connectivity index (χ1) is 13.1. The van der Waals surface area contributed by atoms with Gasteiger partial charge in [-0.2, -0.15) is 0 Å². The molecule has 1 saturated heterocycles. The highest BCUT2D eigenvalue weighted by molar-refractivity contribution is 5.91. The maximum absolute atomic E-state index is 12.9. The molecule has 0 aliphatic carbocycles. The monoisotopic (exact) mass is 366 g/mol. The van der Waals surface area contributed by atoms with E-state index >= 15 is 0 Å². The number of benzene rings is 2. The third-order valence-corrected chi connectivity index (χ3v) is 4.67. The van der Waals surface area contributed by atoms with Crippen molar-refractivity contribution < 1.29 is 14.0 Å². The molecule has 5 heteroatoms. The van der Waals surface area contributed by atoms with Crippen LogP contribution in [-0.2, 0) is 16.0 Å². The summed E-state index contributed by atoms with van der Waals surface area (Å²) in [7, 11) is 0. The highest BCUT2D eigenvalue weighted by atomic mass is 19.1. The number of halogens is 1. The molecule has 2 amide bonds. The maximum Gasteiger partial charge on any atom is 0.246 e. The Morgan fingerprint density at radius 2 is 1.70 bits per heavy atom. The van der Waals surface area contributed by atoms with E-state index in [2.05, 4.69) is 5.32 Å². The first kappa shape index (κ1) is 18.8. The standard InChI is InChI=1S/C22H23FN2O2/c23-19-9-6-18(7-10-19)16-21(26)24-20-12-14-25(15-13-20)22(27)11-8-17-4-2-1-3-5-17/h1-11,20H,12-16H2,(H,24,26)/b11-8+. The van der Waals surface area contributed by atoms with Gasteiger partial charge in [0.1, 0.15) is 5.82 Å². The first-order valence-electron chi connectivity index (χ1n) is 9.16. The van der Waals surface area contributed by atoms with Crippen LogP contribution in [0.5, 0.6) is 0 Å². The number of hydrogen-bond acceptors (Lipinski definition) is 2. The zero-order valence-corrected chi connectivity index (χ0v) is 15.1. The zero-order valence-electron chi connectivity index (χ0n) is 15.1. The third-order valence-electron chi connectivity index (χ3n) is 4.67. The molecular formula is C22H23FN2O2. The van der Waals surface area contributed by atoms with Crippen LogP contribution in [0.2, 0.25) is 0 Å². The van der Waals surface area contributed by atoms with Gasteiger partial charge in [-0.25, -0.2) is 4.39 Å². The minimum absolute atomic E-state index is 0.00468. The van der Waals surface area contributed by atoms with Crippen molar-refractivity contribution in [3.8, 4) is 0 Å². The van der Waals surface area contributed by atoms with Crippen LogP contribution >= 0.6 is 0 Å². The average molecular weight is 366 g/mol. The van der Waals surface area contributed by atoms with Crippen molar-refractivity contribution >= 4 is 17.9 Å². The van der Waals surface area contributed by atoms with Crippen molar-refractivity contribution in [2.75, 3.05) is 13.1 Å². The Morgan fingerprint density at radius 1 is 1.04 bits per heavy atom. The minimum Gasteiger partial charge on any atom is -0.353 e. The fourth-order valence-corrected chi connectivity index (χ4v) is 3.15. The number of nitrogens with one attached hydrogen (secondary N) is 1. The van der Waals surface area contributed by atoms with Gasteiger partial charge in [-0.05, 0) is 42.2 Å². The molecule has 2 aromatic carbocycles. The molecule has 3 rings (SSSR count). The van der Waals surface area contributed by atoms with Crippen LogP contribution in [0.4, 0.5) is 4.39 Å². The predicted octanol–water partition coefficient (Wildman–Crippen LogP) is 3.19. The maximum atomic E-state index is 12.9. The molecule has 0 bridgehead atoms. The molecule has 0 spiro atoms. The number of carbonyl (C=O) groups excluding carboxylic acids is 2. The summed E-state index contributed by atoms with van der Waals surface area (Å²) in [6, 6.07) is 15.7. The lowest BCUT2D eigenvalue weighted by Crippen LogP contribution is -2.46. The SMILES string of the molecule is O=C(Cc1ccc(F)cc1)NC1CCN(C(=O)/C=C/c2ccccc2)CC1. The van der Waals surface area contributed by atoms with Crippen molar-refractivity contribution in [2.24, 2.45) is 0 Å². The van der Waals surface area contributed by atoms with E-state index in [0.29, 0.717) is 13.1 Å². The van der Waals surface area contributed by atoms with Crippen LogP contribution in [0.1, 0.15) is 24.0 Å². The highest BCUT2D eigenvalue weighted by Gasteiger charge is 2.22. The number of nitrogens with zero attached hydrogens (tertiary/aromatic N) is 1. The van der Waals surface area contributed by atoms with E-state index in [9.17, 15) is 14.0 Å². The summed E-state index contributed by atoms with van der Waals surface area (Å²) < 4.78 is 12.9. The number of hydrogen-bond donors (Lipinski definition) is 1. The quantitative estimate of drug-likeness (QED) is 0.827. The van der Waals surface area contributed by atoms with E-state index in [1.807, 2.05) is 41.3 Å². The van der Waals surface area contributed by atoms with Crippen molar-refractivity contribution in [3.63, 3.8) is 0 Å². The summed E-state index contributed by atoms with van der Waals surface area (Å²) in [5.41, 5.74) is 1.78. The van der Waals surface area contributed by atoms with E-state index in [1.165, 1.54) is 12.1 Å². The van der Waals surface area contributed by atoms with Gasteiger partial charge < -0.3 is 10.2 Å². The number of likely N-dealkylation sites (tertiary alicyclic amines) is 1. The Labute approximate surface area is 158 Å². The van der Waals surface area contributed by atoms with Crippen LogP contribution < -0.4 is 5.32 Å². The smallest absolute Gasteiger partial charge is 0.246 e. The Morgan fingerprint density at radius 3 is 2.37 bits per heavy atom. The Hall–Kier alpha value is -2.95. The number of carbonyl (C=O) groups is 2. The summed E-state index contributed by atoms with van der Waals surface area (Å²) in [6.07, 6.45) is 5.13. The van der Waals surface area contributed by atoms with E-state index in [-0.39, 0.29) is 30.1 Å². The van der Waals surface area contributed by atoms with Gasteiger partial charge in [-0.3, -0.25) is 9.59 Å². The summed E-state index contributed by atoms with van der Waals surface area (Å²) in [5, 5.41) is 3.01. The Bertz CT molecular complexity index is 795. The minimum atomic E-state index is -0.308. The second kappa shape index (κ2) is 9.12. The molecule has 1 fully saturated rings. The number of rotatable bonds is 5. The predicted molar refractivity (Wildman–Crippen MR) is 103 cm³/mol. The lowest BCUT2D eigenvalue weighted by molar-refractivity contribution is -0.127. The summed E-state index contributed by atoms with van der Waals surface area (Å²) in [6.45, 7) is 1.25. The normalized spacial score (nSPS) is 15.1. The Kier molecular flexibility index (Phi) is 6.36. The second-order valence-electron chi connectivity index (χ2n) is 6.71. The molecule has 140 valence electrons. The molecular weight excluding hydrogens is 343 g/mol. The van der Waals surface area contributed by atoms with Crippen LogP contribution in [0.15, 0.2) is 60.7 Å². The summed E-state index contributed by atoms with van der Waals surface area (Å²) >= 11 is 0. The molecule has 0 unspecified atom stereocenters. The van der Waals surface area contributed by atoms with Gasteiger partial charge in [0, 0.05) is 25.2 Å². The van der Waals surface area contributed by atoms with Crippen molar-refractivity contribution in [1.82, 2.24) is 10.2 Å². The van der Waals surface area contributed by atoms with Crippen molar-refractivity contribution in [1.29, 1.82) is 0 Å². The fourth-order valence-electron chi connectivity index (χ4n) is 3.15. The van der Waals surface area contributed by atoms with Gasteiger partial charge in [-0.15, -0.1) is 0 Å². The van der Waals surface area contributed by atoms with Crippen LogP contribution in [0.25, 0.3) is 6.08 Å². The lowest BCUT2D eigenvalue weighted by atomic mass is 10.0. The summed E-state index contributed by atoms with van der Waals surface area (Å²) in [4.78, 5) is 26.2. The highest BCUT2D eigenvalue weighted by Crippen LogP contribution is 2.12. The van der Waals surface area contributed by atoms with E-state index in [1.54, 1.807) is 18.2 Å². The molecule has 0 radical (unpaired) electrons. The van der Waals surface area contributed by atoms with Gasteiger partial charge in [0.15, 0.2) is 0 Å². The Balaban J connectivity index is 1.43. The van der Waals surface area contributed by atoms with E-state index in [4.69, 9.17) is 0 Å². The molecule has 0 saturated carbocycles. The molecule has 4 nitrogen and oxygen atoms in total. The van der Waals surface area contributed by atoms with Gasteiger partial charge in [0.25, 0.3) is 0 Å². The molecule has 2 aromatic rings. The molecule has 1 heterocycles. The van der Waals surface area contributed by atoms with Crippen LogP contribution in [-0.4, -0.2) is 35.8 Å². The molecule has 0 aromatic heterocycles. The third kappa shape index (κ3) is 5.78. The van der Waals surface area contributed by atoms with E-state index in [0.717, 1.165) is 24.0 Å². The van der Waals surface area contributed by atoms with Crippen LogP contribution in [0.3, 0.4) is 0 Å². The summed E-state index contributed by atoms with van der Waals surface area (Å²) in [5.74, 6) is -0.386. The topological polar surface area (TPSA) is 49.4 Å². The average Bonchev–Trinajstić information content (AvgIpc) is 2.69. The number of piperidine rings is 1. The second-order valence-corrected chi connectivity index (χ2v) is 6.71. The van der Waals surface area contributed by atoms with Gasteiger partial charge in [0.05, 0.1) is 6.42 Å². The molecule has 1 aliphatic heterocycles. The van der Waals surface area contributed by atoms with Gasteiger partial charge in [-0.1, -0.05) is 42.5 Å². The molecule has 27 heavy (non-hydrogen) atoms.